The molecule has 15 heteroatoms. The molecule has 0 bridgehead atoms. The minimum Gasteiger partial charge on any atom is -0.493 e. The predicted octanol–water partition coefficient (Wildman–Crippen LogP) is 3.81. The number of aromatic nitrogens is 7. The molecule has 43 heavy (non-hydrogen) atoms. The van der Waals surface area contributed by atoms with Gasteiger partial charge in [-0.15, -0.1) is 10.2 Å². The van der Waals surface area contributed by atoms with Gasteiger partial charge in [0, 0.05) is 18.0 Å². The van der Waals surface area contributed by atoms with Crippen LogP contribution in [0, 0.1) is 0 Å². The number of tetrazole rings is 1. The molecule has 0 aliphatic rings. The van der Waals surface area contributed by atoms with Gasteiger partial charge in [0.15, 0.2) is 16.5 Å². The molecule has 0 saturated heterocycles. The SMILES string of the molecule is COc1ccccc1Oc1c(NS(=O)(=O)c2ccc(C(C)C)cn2)cc(-c2ccnc(-c3nn[nH]n3)c2)nc1OCCO. The van der Waals surface area contributed by atoms with Crippen LogP contribution < -0.4 is 18.9 Å². The van der Waals surface area contributed by atoms with E-state index in [4.69, 9.17) is 14.2 Å². The molecule has 5 aromatic rings. The van der Waals surface area contributed by atoms with Gasteiger partial charge in [0.25, 0.3) is 15.9 Å². The molecule has 0 amide bonds. The number of anilines is 1. The molecule has 1 aromatic carbocycles. The maximum atomic E-state index is 13.6. The van der Waals surface area contributed by atoms with Gasteiger partial charge in [-0.25, -0.2) is 9.97 Å². The van der Waals surface area contributed by atoms with Crippen molar-refractivity contribution in [3.8, 4) is 45.9 Å². The molecule has 5 rings (SSSR count). The molecule has 0 aliphatic carbocycles. The van der Waals surface area contributed by atoms with Gasteiger partial charge in [0.05, 0.1) is 25.1 Å². The number of H-pyrrole nitrogens is 1. The van der Waals surface area contributed by atoms with Crippen molar-refractivity contribution >= 4 is 15.7 Å². The van der Waals surface area contributed by atoms with Gasteiger partial charge in [-0.3, -0.25) is 9.71 Å². The highest BCUT2D eigenvalue weighted by Crippen LogP contribution is 2.43. The number of para-hydroxylation sites is 2. The van der Waals surface area contributed by atoms with E-state index in [0.717, 1.165) is 5.56 Å². The topological polar surface area (TPSA) is 187 Å². The van der Waals surface area contributed by atoms with Crippen molar-refractivity contribution in [3.05, 3.63) is 72.6 Å². The number of pyridine rings is 3. The highest BCUT2D eigenvalue weighted by molar-refractivity contribution is 7.92. The second kappa shape index (κ2) is 12.8. The van der Waals surface area contributed by atoms with Gasteiger partial charge >= 0.3 is 0 Å². The number of rotatable bonds is 12. The summed E-state index contributed by atoms with van der Waals surface area (Å²) in [6, 6.07) is 14.8. The summed E-state index contributed by atoms with van der Waals surface area (Å²) < 4.78 is 47.2. The number of nitrogens with zero attached hydrogens (tertiary/aromatic N) is 6. The largest absolute Gasteiger partial charge is 0.493 e. The molecule has 3 N–H and O–H groups in total. The van der Waals surface area contributed by atoms with E-state index in [1.54, 1.807) is 42.5 Å². The lowest BCUT2D eigenvalue weighted by atomic mass is 10.1. The standard InChI is InChI=1S/C28H28N8O6S/c1-17(2)19-8-9-25(30-16-19)43(38,39)34-21-15-20(18-10-11-29-22(14-18)27-32-35-36-33-27)31-28(41-13-12-37)26(21)42-24-7-5-4-6-23(24)40-3/h4-11,14-17,37H,12-13H2,1-3H3,(H,31,34)(H,32,33,35,36). The lowest BCUT2D eigenvalue weighted by Gasteiger charge is -2.19. The normalized spacial score (nSPS) is 11.4. The Morgan fingerprint density at radius 1 is 1.02 bits per heavy atom. The van der Waals surface area contributed by atoms with Crippen LogP contribution in [0.4, 0.5) is 5.69 Å². The minimum atomic E-state index is -4.22. The number of sulfonamides is 1. The fraction of sp³-hybridized carbons (Fsp3) is 0.214. The van der Waals surface area contributed by atoms with Crippen molar-refractivity contribution in [2.45, 2.75) is 24.8 Å². The molecule has 0 spiro atoms. The van der Waals surface area contributed by atoms with Crippen LogP contribution >= 0.6 is 0 Å². The van der Waals surface area contributed by atoms with Gasteiger partial charge in [-0.1, -0.05) is 32.0 Å². The van der Waals surface area contributed by atoms with Crippen molar-refractivity contribution in [2.75, 3.05) is 25.0 Å². The van der Waals surface area contributed by atoms with E-state index < -0.39 is 10.0 Å². The van der Waals surface area contributed by atoms with Gasteiger partial charge in [0.2, 0.25) is 11.6 Å². The molecule has 14 nitrogen and oxygen atoms in total. The summed E-state index contributed by atoms with van der Waals surface area (Å²) in [4.78, 5) is 13.1. The summed E-state index contributed by atoms with van der Waals surface area (Å²) in [7, 11) is -2.74. The first kappa shape index (κ1) is 29.3. The molecular formula is C28H28N8O6S. The van der Waals surface area contributed by atoms with Crippen molar-refractivity contribution in [1.82, 2.24) is 35.6 Å². The van der Waals surface area contributed by atoms with Gasteiger partial charge in [-0.2, -0.15) is 13.6 Å². The second-order valence-electron chi connectivity index (χ2n) is 9.37. The van der Waals surface area contributed by atoms with E-state index in [1.807, 2.05) is 13.8 Å². The van der Waals surface area contributed by atoms with Gasteiger partial charge < -0.3 is 19.3 Å². The summed E-state index contributed by atoms with van der Waals surface area (Å²) in [5.41, 5.74) is 2.12. The maximum absolute atomic E-state index is 13.6. The third-order valence-electron chi connectivity index (χ3n) is 6.13. The average molecular weight is 605 g/mol. The number of hydrogen-bond acceptors (Lipinski definition) is 12. The maximum Gasteiger partial charge on any atom is 0.279 e. The van der Waals surface area contributed by atoms with Crippen LogP contribution in [0.2, 0.25) is 0 Å². The number of aromatic amines is 1. The lowest BCUT2D eigenvalue weighted by molar-refractivity contribution is 0.193. The second-order valence-corrected chi connectivity index (χ2v) is 11.0. The van der Waals surface area contributed by atoms with Crippen molar-refractivity contribution in [3.63, 3.8) is 0 Å². The molecule has 4 aromatic heterocycles. The van der Waals surface area contributed by atoms with Crippen LogP contribution in [-0.2, 0) is 10.0 Å². The Morgan fingerprint density at radius 3 is 2.51 bits per heavy atom. The number of ether oxygens (including phenoxy) is 3. The summed E-state index contributed by atoms with van der Waals surface area (Å²) in [6.45, 7) is 3.50. The Bertz CT molecular complexity index is 1800. The fourth-order valence-corrected chi connectivity index (χ4v) is 4.94. The average Bonchev–Trinajstić information content (AvgIpc) is 3.57. The third kappa shape index (κ3) is 6.68. The number of nitrogens with one attached hydrogen (secondary N) is 2. The molecule has 0 radical (unpaired) electrons. The first-order chi connectivity index (χ1) is 20.8. The zero-order valence-corrected chi connectivity index (χ0v) is 24.2. The molecule has 0 fully saturated rings. The number of methoxy groups -OCH3 is 1. The van der Waals surface area contributed by atoms with Crippen molar-refractivity contribution in [2.24, 2.45) is 0 Å². The van der Waals surface area contributed by atoms with E-state index in [-0.39, 0.29) is 53.0 Å². The van der Waals surface area contributed by atoms with Gasteiger partial charge in [0.1, 0.15) is 12.3 Å². The monoisotopic (exact) mass is 604 g/mol. The number of aliphatic hydroxyl groups excluding tert-OH is 1. The predicted molar refractivity (Wildman–Crippen MR) is 155 cm³/mol. The van der Waals surface area contributed by atoms with Crippen LogP contribution in [0.15, 0.2) is 72.0 Å². The van der Waals surface area contributed by atoms with Crippen molar-refractivity contribution < 1.29 is 27.7 Å². The first-order valence-corrected chi connectivity index (χ1v) is 14.6. The molecule has 0 saturated carbocycles. The Morgan fingerprint density at radius 2 is 1.84 bits per heavy atom. The van der Waals surface area contributed by atoms with E-state index >= 15 is 0 Å². The van der Waals surface area contributed by atoms with E-state index in [2.05, 4.69) is 40.3 Å². The highest BCUT2D eigenvalue weighted by atomic mass is 32.2. The first-order valence-electron chi connectivity index (χ1n) is 13.1. The summed E-state index contributed by atoms with van der Waals surface area (Å²) in [6.07, 6.45) is 3.05. The Balaban J connectivity index is 1.65. The van der Waals surface area contributed by atoms with Crippen LogP contribution in [0.1, 0.15) is 25.3 Å². The fourth-order valence-electron chi connectivity index (χ4n) is 3.96. The van der Waals surface area contributed by atoms with Gasteiger partial charge in [-0.05, 0) is 53.1 Å². The molecule has 222 valence electrons. The molecule has 4 heterocycles. The van der Waals surface area contributed by atoms with Crippen LogP contribution in [0.3, 0.4) is 0 Å². The van der Waals surface area contributed by atoms with E-state index in [0.29, 0.717) is 22.7 Å². The number of benzene rings is 1. The Labute approximate surface area is 247 Å². The van der Waals surface area contributed by atoms with E-state index in [9.17, 15) is 13.5 Å². The molecular weight excluding hydrogens is 576 g/mol. The van der Waals surface area contributed by atoms with Crippen LogP contribution in [-0.4, -0.2) is 69.4 Å². The Hall–Kier alpha value is -5.15. The van der Waals surface area contributed by atoms with Crippen molar-refractivity contribution in [1.29, 1.82) is 0 Å². The quantitative estimate of drug-likeness (QED) is 0.187. The van der Waals surface area contributed by atoms with Crippen LogP contribution in [0.5, 0.6) is 23.1 Å². The highest BCUT2D eigenvalue weighted by Gasteiger charge is 2.25. The summed E-state index contributed by atoms with van der Waals surface area (Å²) in [5, 5.41) is 23.2. The third-order valence-corrected chi connectivity index (χ3v) is 7.41. The zero-order valence-electron chi connectivity index (χ0n) is 23.4. The zero-order chi connectivity index (χ0) is 30.4. The lowest BCUT2D eigenvalue weighted by Crippen LogP contribution is -2.16. The molecule has 0 unspecified atom stereocenters. The number of hydrogen-bond donors (Lipinski definition) is 3. The smallest absolute Gasteiger partial charge is 0.279 e. The van der Waals surface area contributed by atoms with Crippen LogP contribution in [0.25, 0.3) is 22.8 Å². The minimum absolute atomic E-state index is 0.00324. The molecule has 0 aliphatic heterocycles. The molecule has 0 atom stereocenters. The summed E-state index contributed by atoms with van der Waals surface area (Å²) >= 11 is 0. The number of aliphatic hydroxyl groups is 1. The summed E-state index contributed by atoms with van der Waals surface area (Å²) in [5.74, 6) is 0.943. The Kier molecular flexibility index (Phi) is 8.73. The van der Waals surface area contributed by atoms with E-state index in [1.165, 1.54) is 31.6 Å².